The van der Waals surface area contributed by atoms with Gasteiger partial charge in [0, 0.05) is 37.9 Å². The van der Waals surface area contributed by atoms with Gasteiger partial charge in [-0.2, -0.15) is 18.3 Å². The number of hydrogen-bond donors (Lipinski definition) is 2. The summed E-state index contributed by atoms with van der Waals surface area (Å²) in [4.78, 5) is 2.11. The Morgan fingerprint density at radius 1 is 1.53 bits per heavy atom. The van der Waals surface area contributed by atoms with Gasteiger partial charge in [-0.25, -0.2) is 0 Å². The summed E-state index contributed by atoms with van der Waals surface area (Å²) in [6, 6.07) is 1.45. The van der Waals surface area contributed by atoms with Crippen molar-refractivity contribution in [1.29, 1.82) is 0 Å². The lowest BCUT2D eigenvalue weighted by Gasteiger charge is -2.31. The second-order valence-electron chi connectivity index (χ2n) is 4.37. The summed E-state index contributed by atoms with van der Waals surface area (Å²) in [5.41, 5.74) is -0.345. The van der Waals surface area contributed by atoms with E-state index in [0.717, 1.165) is 25.7 Å². The number of nitrogens with zero attached hydrogens (tertiary/aromatic N) is 2. The van der Waals surface area contributed by atoms with Crippen molar-refractivity contribution >= 4 is 0 Å². The van der Waals surface area contributed by atoms with Crippen molar-refractivity contribution in [2.75, 3.05) is 19.6 Å². The summed E-state index contributed by atoms with van der Waals surface area (Å²) >= 11 is 0. The molecule has 2 rings (SSSR count). The third kappa shape index (κ3) is 3.19. The van der Waals surface area contributed by atoms with Gasteiger partial charge in [0.2, 0.25) is 0 Å². The standard InChI is InChI=1S/C10H15F3N4/c1-7-5-17(3-2-14-7)6-8-4-9(16-15-8)10(11,12)13/h4,7,14H,2-3,5-6H2,1H3,(H,15,16)/t7-/m1/s1. The number of hydrogen-bond acceptors (Lipinski definition) is 3. The molecule has 2 N–H and O–H groups in total. The Bertz CT molecular complexity index is 374. The van der Waals surface area contributed by atoms with E-state index in [-0.39, 0.29) is 0 Å². The summed E-state index contributed by atoms with van der Waals surface area (Å²) in [5, 5.41) is 9.00. The molecule has 4 nitrogen and oxygen atoms in total. The van der Waals surface area contributed by atoms with Gasteiger partial charge in [0.1, 0.15) is 0 Å². The van der Waals surface area contributed by atoms with Crippen LogP contribution in [0.3, 0.4) is 0 Å². The zero-order chi connectivity index (χ0) is 12.5. The molecule has 0 aromatic carbocycles. The Balaban J connectivity index is 1.97. The average Bonchev–Trinajstić information content (AvgIpc) is 2.65. The summed E-state index contributed by atoms with van der Waals surface area (Å²) in [6.07, 6.45) is -4.37. The Hall–Kier alpha value is -1.08. The lowest BCUT2D eigenvalue weighted by atomic mass is 10.2. The first-order valence-corrected chi connectivity index (χ1v) is 5.52. The largest absolute Gasteiger partial charge is 0.435 e. The van der Waals surface area contributed by atoms with Crippen LogP contribution < -0.4 is 5.32 Å². The molecule has 96 valence electrons. The fourth-order valence-corrected chi connectivity index (χ4v) is 1.98. The van der Waals surface area contributed by atoms with Gasteiger partial charge in [0.15, 0.2) is 5.69 Å². The minimum Gasteiger partial charge on any atom is -0.312 e. The van der Waals surface area contributed by atoms with Crippen molar-refractivity contribution in [3.63, 3.8) is 0 Å². The van der Waals surface area contributed by atoms with Gasteiger partial charge in [-0.3, -0.25) is 10.00 Å². The minimum absolute atomic E-state index is 0.369. The van der Waals surface area contributed by atoms with Crippen LogP contribution in [-0.2, 0) is 12.7 Å². The van der Waals surface area contributed by atoms with E-state index in [1.807, 2.05) is 0 Å². The number of H-pyrrole nitrogens is 1. The predicted molar refractivity (Wildman–Crippen MR) is 56.3 cm³/mol. The zero-order valence-electron chi connectivity index (χ0n) is 9.51. The van der Waals surface area contributed by atoms with Crippen LogP contribution in [0.5, 0.6) is 0 Å². The highest BCUT2D eigenvalue weighted by molar-refractivity contribution is 5.11. The molecule has 1 fully saturated rings. The molecule has 2 heterocycles. The molecule has 0 unspecified atom stereocenters. The third-order valence-corrected chi connectivity index (χ3v) is 2.77. The van der Waals surface area contributed by atoms with E-state index in [2.05, 4.69) is 27.3 Å². The Labute approximate surface area is 97.2 Å². The molecule has 0 radical (unpaired) electrons. The van der Waals surface area contributed by atoms with Gasteiger partial charge in [-0.15, -0.1) is 0 Å². The summed E-state index contributed by atoms with van der Waals surface area (Å²) < 4.78 is 37.0. The highest BCUT2D eigenvalue weighted by Crippen LogP contribution is 2.27. The average molecular weight is 248 g/mol. The number of nitrogens with one attached hydrogen (secondary N) is 2. The molecular weight excluding hydrogens is 233 g/mol. The minimum atomic E-state index is -4.37. The van der Waals surface area contributed by atoms with Crippen LogP contribution in [0, 0.1) is 0 Å². The van der Waals surface area contributed by atoms with Crippen molar-refractivity contribution < 1.29 is 13.2 Å². The SMILES string of the molecule is C[C@@H]1CN(Cc2cc(C(F)(F)F)n[nH]2)CCN1. The molecule has 1 aliphatic rings. The number of aromatic nitrogens is 2. The maximum absolute atomic E-state index is 12.3. The van der Waals surface area contributed by atoms with Gasteiger partial charge in [-0.1, -0.05) is 0 Å². The van der Waals surface area contributed by atoms with Crippen LogP contribution in [0.4, 0.5) is 13.2 Å². The first-order chi connectivity index (χ1) is 7.95. The molecule has 0 bridgehead atoms. The van der Waals surface area contributed by atoms with Gasteiger partial charge >= 0.3 is 6.18 Å². The van der Waals surface area contributed by atoms with E-state index in [4.69, 9.17) is 0 Å². The second kappa shape index (κ2) is 4.66. The van der Waals surface area contributed by atoms with Crippen molar-refractivity contribution in [1.82, 2.24) is 20.4 Å². The van der Waals surface area contributed by atoms with Crippen LogP contribution in [0.25, 0.3) is 0 Å². The first-order valence-electron chi connectivity index (χ1n) is 5.52. The maximum atomic E-state index is 12.3. The normalized spacial score (nSPS) is 22.9. The van der Waals surface area contributed by atoms with E-state index in [1.165, 1.54) is 0 Å². The van der Waals surface area contributed by atoms with E-state index in [9.17, 15) is 13.2 Å². The van der Waals surface area contributed by atoms with Gasteiger partial charge < -0.3 is 5.32 Å². The van der Waals surface area contributed by atoms with Crippen molar-refractivity contribution in [2.24, 2.45) is 0 Å². The third-order valence-electron chi connectivity index (χ3n) is 2.77. The molecule has 17 heavy (non-hydrogen) atoms. The molecule has 1 aromatic rings. The van der Waals surface area contributed by atoms with Crippen LogP contribution in [-0.4, -0.2) is 40.8 Å². The predicted octanol–water partition coefficient (Wildman–Crippen LogP) is 1.22. The number of halogens is 3. The molecule has 0 saturated carbocycles. The van der Waals surface area contributed by atoms with Crippen LogP contribution >= 0.6 is 0 Å². The lowest BCUT2D eigenvalue weighted by molar-refractivity contribution is -0.141. The smallest absolute Gasteiger partial charge is 0.312 e. The van der Waals surface area contributed by atoms with Crippen LogP contribution in [0.2, 0.25) is 0 Å². The topological polar surface area (TPSA) is 44.0 Å². The molecule has 0 amide bonds. The maximum Gasteiger partial charge on any atom is 0.435 e. The number of piperazine rings is 1. The quantitative estimate of drug-likeness (QED) is 0.827. The summed E-state index contributed by atoms with van der Waals surface area (Å²) in [7, 11) is 0. The number of alkyl halides is 3. The summed E-state index contributed by atoms with van der Waals surface area (Å²) in [5.74, 6) is 0. The van der Waals surface area contributed by atoms with Crippen molar-refractivity contribution in [2.45, 2.75) is 25.7 Å². The monoisotopic (exact) mass is 248 g/mol. The fourth-order valence-electron chi connectivity index (χ4n) is 1.98. The van der Waals surface area contributed by atoms with Crippen LogP contribution in [0.15, 0.2) is 6.07 Å². The van der Waals surface area contributed by atoms with Gasteiger partial charge in [0.05, 0.1) is 0 Å². The van der Waals surface area contributed by atoms with Gasteiger partial charge in [0.25, 0.3) is 0 Å². The number of aromatic amines is 1. The Morgan fingerprint density at radius 2 is 2.29 bits per heavy atom. The molecule has 0 aliphatic carbocycles. The van der Waals surface area contributed by atoms with Crippen LogP contribution in [0.1, 0.15) is 18.3 Å². The fraction of sp³-hybridized carbons (Fsp3) is 0.700. The second-order valence-corrected chi connectivity index (χ2v) is 4.37. The molecular formula is C10H15F3N4. The van der Waals surface area contributed by atoms with Crippen molar-refractivity contribution in [3.8, 4) is 0 Å². The van der Waals surface area contributed by atoms with E-state index < -0.39 is 11.9 Å². The molecule has 7 heteroatoms. The van der Waals surface area contributed by atoms with E-state index in [1.54, 1.807) is 0 Å². The lowest BCUT2D eigenvalue weighted by Crippen LogP contribution is -2.48. The summed E-state index contributed by atoms with van der Waals surface area (Å²) in [6.45, 7) is 5.07. The molecule has 1 atom stereocenters. The number of rotatable bonds is 2. The molecule has 1 aliphatic heterocycles. The molecule has 0 spiro atoms. The van der Waals surface area contributed by atoms with E-state index >= 15 is 0 Å². The Kier molecular flexibility index (Phi) is 3.39. The van der Waals surface area contributed by atoms with Crippen molar-refractivity contribution in [3.05, 3.63) is 17.5 Å². The first kappa shape index (κ1) is 12.4. The van der Waals surface area contributed by atoms with E-state index in [0.29, 0.717) is 18.3 Å². The van der Waals surface area contributed by atoms with Gasteiger partial charge in [-0.05, 0) is 13.0 Å². The highest BCUT2D eigenvalue weighted by Gasteiger charge is 2.34. The molecule has 1 aromatic heterocycles. The molecule has 1 saturated heterocycles. The highest BCUT2D eigenvalue weighted by atomic mass is 19.4. The Morgan fingerprint density at radius 3 is 2.88 bits per heavy atom. The zero-order valence-corrected chi connectivity index (χ0v) is 9.51.